The number of imidazole rings is 1. The van der Waals surface area contributed by atoms with Gasteiger partial charge in [0.1, 0.15) is 17.3 Å². The number of hydrogen-bond donors (Lipinski definition) is 2. The van der Waals surface area contributed by atoms with Crippen LogP contribution in [0.5, 0.6) is 0 Å². The van der Waals surface area contributed by atoms with Gasteiger partial charge in [0.15, 0.2) is 5.69 Å². The molecule has 0 aliphatic carbocycles. The summed E-state index contributed by atoms with van der Waals surface area (Å²) >= 11 is 0. The van der Waals surface area contributed by atoms with Crippen LogP contribution in [0.1, 0.15) is 54.2 Å². The van der Waals surface area contributed by atoms with Crippen molar-refractivity contribution < 1.29 is 19.1 Å². The number of aromatic nitrogens is 2. The second kappa shape index (κ2) is 8.69. The number of nitrogens with zero attached hydrogens (tertiary/aromatic N) is 2. The molecule has 2 aromatic rings. The lowest BCUT2D eigenvalue weighted by Crippen LogP contribution is -2.43. The zero-order chi connectivity index (χ0) is 20.9. The average molecular weight is 386 g/mol. The lowest BCUT2D eigenvalue weighted by Gasteiger charge is -2.22. The van der Waals surface area contributed by atoms with E-state index in [4.69, 9.17) is 4.74 Å². The first-order valence-corrected chi connectivity index (χ1v) is 8.95. The van der Waals surface area contributed by atoms with Crippen molar-refractivity contribution in [1.29, 1.82) is 0 Å². The largest absolute Gasteiger partial charge is 0.458 e. The first kappa shape index (κ1) is 21.1. The van der Waals surface area contributed by atoms with Gasteiger partial charge in [-0.1, -0.05) is 30.3 Å². The Bertz CT molecular complexity index is 839. The van der Waals surface area contributed by atoms with E-state index in [1.807, 2.05) is 30.3 Å². The van der Waals surface area contributed by atoms with Crippen LogP contribution in [0.15, 0.2) is 36.7 Å². The standard InChI is InChI=1S/C20H26N4O4/c1-13(19(27)28-20(2,3)4)23-17(25)15-16(22-12-21-15)18(26)24(5)11-14-9-7-6-8-10-14/h6-10,12-13H,11H2,1-5H3,(H,21,22)(H,23,25). The maximum atomic E-state index is 12.7. The predicted octanol–water partition coefficient (Wildman–Crippen LogP) is 2.14. The summed E-state index contributed by atoms with van der Waals surface area (Å²) in [5.74, 6) is -1.57. The maximum absolute atomic E-state index is 12.7. The molecule has 1 heterocycles. The molecule has 2 rings (SSSR count). The van der Waals surface area contributed by atoms with Crippen molar-refractivity contribution >= 4 is 17.8 Å². The molecular weight excluding hydrogens is 360 g/mol. The number of benzene rings is 1. The fraction of sp³-hybridized carbons (Fsp3) is 0.400. The number of ether oxygens (including phenoxy) is 1. The van der Waals surface area contributed by atoms with Gasteiger partial charge in [0.25, 0.3) is 11.8 Å². The Labute approximate surface area is 164 Å². The van der Waals surface area contributed by atoms with Gasteiger partial charge in [0.05, 0.1) is 6.33 Å². The van der Waals surface area contributed by atoms with E-state index in [9.17, 15) is 14.4 Å². The number of hydrogen-bond acceptors (Lipinski definition) is 5. The summed E-state index contributed by atoms with van der Waals surface area (Å²) in [7, 11) is 1.64. The molecule has 1 aromatic carbocycles. The van der Waals surface area contributed by atoms with Crippen molar-refractivity contribution in [2.75, 3.05) is 7.05 Å². The lowest BCUT2D eigenvalue weighted by molar-refractivity contribution is -0.156. The van der Waals surface area contributed by atoms with Gasteiger partial charge in [0, 0.05) is 13.6 Å². The molecule has 28 heavy (non-hydrogen) atoms. The summed E-state index contributed by atoms with van der Waals surface area (Å²) < 4.78 is 5.24. The summed E-state index contributed by atoms with van der Waals surface area (Å²) in [5.41, 5.74) is 0.291. The SMILES string of the molecule is CC(NC(=O)c1nc[nH]c1C(=O)N(C)Cc1ccccc1)C(=O)OC(C)(C)C. The summed E-state index contributed by atoms with van der Waals surface area (Å²) in [6.45, 7) is 7.13. The molecule has 0 bridgehead atoms. The highest BCUT2D eigenvalue weighted by Crippen LogP contribution is 2.11. The molecule has 0 aliphatic heterocycles. The van der Waals surface area contributed by atoms with Gasteiger partial charge in [-0.3, -0.25) is 9.59 Å². The summed E-state index contributed by atoms with van der Waals surface area (Å²) in [4.78, 5) is 45.4. The van der Waals surface area contributed by atoms with Gasteiger partial charge in [-0.05, 0) is 33.3 Å². The minimum atomic E-state index is -0.881. The van der Waals surface area contributed by atoms with Gasteiger partial charge >= 0.3 is 5.97 Å². The molecule has 1 atom stereocenters. The Morgan fingerprint density at radius 3 is 2.46 bits per heavy atom. The molecule has 0 saturated carbocycles. The smallest absolute Gasteiger partial charge is 0.328 e. The second-order valence-corrected chi connectivity index (χ2v) is 7.50. The molecule has 8 heteroatoms. The summed E-state index contributed by atoms with van der Waals surface area (Å²) in [5, 5.41) is 2.52. The van der Waals surface area contributed by atoms with Crippen LogP contribution in [0.2, 0.25) is 0 Å². The van der Waals surface area contributed by atoms with Crippen molar-refractivity contribution in [2.45, 2.75) is 45.9 Å². The van der Waals surface area contributed by atoms with Crippen molar-refractivity contribution in [3.63, 3.8) is 0 Å². The predicted molar refractivity (Wildman–Crippen MR) is 104 cm³/mol. The molecule has 2 amide bonds. The van der Waals surface area contributed by atoms with Gasteiger partial charge in [-0.15, -0.1) is 0 Å². The first-order chi connectivity index (χ1) is 13.1. The van der Waals surface area contributed by atoms with Crippen LogP contribution in [-0.4, -0.2) is 51.3 Å². The van der Waals surface area contributed by atoms with Gasteiger partial charge in [0.2, 0.25) is 0 Å². The molecule has 0 saturated heterocycles. The Kier molecular flexibility index (Phi) is 6.56. The quantitative estimate of drug-likeness (QED) is 0.740. The molecule has 0 radical (unpaired) electrons. The van der Waals surface area contributed by atoms with Crippen LogP contribution in [0.4, 0.5) is 0 Å². The molecule has 0 spiro atoms. The number of rotatable bonds is 6. The Hall–Kier alpha value is -3.16. The second-order valence-electron chi connectivity index (χ2n) is 7.50. The fourth-order valence-electron chi connectivity index (χ4n) is 2.46. The van der Waals surface area contributed by atoms with E-state index in [1.165, 1.54) is 18.2 Å². The van der Waals surface area contributed by atoms with Gasteiger partial charge in [-0.2, -0.15) is 0 Å². The number of carbonyl (C=O) groups excluding carboxylic acids is 3. The highest BCUT2D eigenvalue weighted by molar-refractivity contribution is 6.05. The summed E-state index contributed by atoms with van der Waals surface area (Å²) in [6, 6.07) is 8.61. The zero-order valence-electron chi connectivity index (χ0n) is 16.8. The Morgan fingerprint density at radius 1 is 1.21 bits per heavy atom. The number of esters is 1. The topological polar surface area (TPSA) is 104 Å². The molecule has 1 aromatic heterocycles. The molecule has 150 valence electrons. The van der Waals surface area contributed by atoms with Crippen molar-refractivity contribution in [3.05, 3.63) is 53.6 Å². The van der Waals surface area contributed by atoms with Crippen LogP contribution < -0.4 is 5.32 Å². The fourth-order valence-corrected chi connectivity index (χ4v) is 2.46. The number of nitrogens with one attached hydrogen (secondary N) is 2. The number of aromatic amines is 1. The van der Waals surface area contributed by atoms with Crippen LogP contribution in [0.25, 0.3) is 0 Å². The Balaban J connectivity index is 2.06. The average Bonchev–Trinajstić information content (AvgIpc) is 3.10. The van der Waals surface area contributed by atoms with Crippen molar-refractivity contribution in [2.24, 2.45) is 0 Å². The number of amides is 2. The zero-order valence-corrected chi connectivity index (χ0v) is 16.8. The third-order valence-corrected chi connectivity index (χ3v) is 3.79. The van der Waals surface area contributed by atoms with Crippen LogP contribution in [-0.2, 0) is 16.1 Å². The van der Waals surface area contributed by atoms with Crippen LogP contribution in [0, 0.1) is 0 Å². The van der Waals surface area contributed by atoms with Crippen molar-refractivity contribution in [1.82, 2.24) is 20.2 Å². The maximum Gasteiger partial charge on any atom is 0.328 e. The van der Waals surface area contributed by atoms with E-state index in [-0.39, 0.29) is 17.3 Å². The third kappa shape index (κ3) is 5.67. The highest BCUT2D eigenvalue weighted by Gasteiger charge is 2.27. The molecule has 2 N–H and O–H groups in total. The van der Waals surface area contributed by atoms with E-state index in [0.29, 0.717) is 6.54 Å². The van der Waals surface area contributed by atoms with E-state index in [1.54, 1.807) is 27.8 Å². The monoisotopic (exact) mass is 386 g/mol. The first-order valence-electron chi connectivity index (χ1n) is 8.95. The molecule has 1 unspecified atom stereocenters. The molecular formula is C20H26N4O4. The molecule has 0 aliphatic rings. The van der Waals surface area contributed by atoms with E-state index >= 15 is 0 Å². The van der Waals surface area contributed by atoms with Crippen LogP contribution in [0.3, 0.4) is 0 Å². The summed E-state index contributed by atoms with van der Waals surface area (Å²) in [6.07, 6.45) is 1.27. The molecule has 0 fully saturated rings. The normalized spacial score (nSPS) is 12.2. The third-order valence-electron chi connectivity index (χ3n) is 3.79. The van der Waals surface area contributed by atoms with Gasteiger partial charge < -0.3 is 19.9 Å². The lowest BCUT2D eigenvalue weighted by atomic mass is 10.2. The minimum absolute atomic E-state index is 0.0623. The Morgan fingerprint density at radius 2 is 1.86 bits per heavy atom. The van der Waals surface area contributed by atoms with E-state index < -0.39 is 23.5 Å². The number of carbonyl (C=O) groups is 3. The highest BCUT2D eigenvalue weighted by atomic mass is 16.6. The van der Waals surface area contributed by atoms with Gasteiger partial charge in [-0.25, -0.2) is 9.78 Å². The van der Waals surface area contributed by atoms with E-state index in [0.717, 1.165) is 5.56 Å². The van der Waals surface area contributed by atoms with Crippen molar-refractivity contribution in [3.8, 4) is 0 Å². The number of H-pyrrole nitrogens is 1. The van der Waals surface area contributed by atoms with Crippen LogP contribution >= 0.6 is 0 Å². The minimum Gasteiger partial charge on any atom is -0.458 e. The molecule has 8 nitrogen and oxygen atoms in total. The van der Waals surface area contributed by atoms with E-state index in [2.05, 4.69) is 15.3 Å².